The van der Waals surface area contributed by atoms with Gasteiger partial charge < -0.3 is 9.64 Å². The molecule has 2 fully saturated rings. The molecule has 0 spiro atoms. The van der Waals surface area contributed by atoms with Crippen molar-refractivity contribution in [2.45, 2.75) is 32.1 Å². The van der Waals surface area contributed by atoms with Crippen molar-refractivity contribution in [1.29, 1.82) is 0 Å². The summed E-state index contributed by atoms with van der Waals surface area (Å²) in [5.41, 5.74) is 0. The molecule has 3 rings (SSSR count). The zero-order chi connectivity index (χ0) is 15.9. The summed E-state index contributed by atoms with van der Waals surface area (Å²) in [4.78, 5) is 21.1. The average molecular weight is 337 g/mol. The van der Waals surface area contributed by atoms with Crippen molar-refractivity contribution in [2.24, 2.45) is 5.92 Å². The van der Waals surface area contributed by atoms with Crippen LogP contribution in [0.4, 0.5) is 0 Å². The van der Waals surface area contributed by atoms with E-state index in [0.29, 0.717) is 12.3 Å². The van der Waals surface area contributed by atoms with E-state index in [0.717, 1.165) is 69.6 Å². The Kier molecular flexibility index (Phi) is 6.42. The first-order valence-corrected chi connectivity index (χ1v) is 9.65. The van der Waals surface area contributed by atoms with Crippen LogP contribution in [-0.4, -0.2) is 66.6 Å². The van der Waals surface area contributed by atoms with Crippen molar-refractivity contribution in [3.05, 3.63) is 16.6 Å². The fourth-order valence-corrected chi connectivity index (χ4v) is 4.03. The molecule has 0 radical (unpaired) electrons. The van der Waals surface area contributed by atoms with Gasteiger partial charge in [-0.2, -0.15) is 0 Å². The third-order valence-corrected chi connectivity index (χ3v) is 5.80. The molecule has 1 aromatic rings. The van der Waals surface area contributed by atoms with Gasteiger partial charge in [0.2, 0.25) is 5.91 Å². The topological polar surface area (TPSA) is 45.7 Å². The van der Waals surface area contributed by atoms with Crippen LogP contribution < -0.4 is 0 Å². The molecule has 5 nitrogen and oxygen atoms in total. The fourth-order valence-electron chi connectivity index (χ4n) is 3.41. The second kappa shape index (κ2) is 8.76. The van der Waals surface area contributed by atoms with Gasteiger partial charge in [-0.15, -0.1) is 11.3 Å². The Bertz CT molecular complexity index is 466. The molecule has 128 valence electrons. The quantitative estimate of drug-likeness (QED) is 0.797. The van der Waals surface area contributed by atoms with Crippen LogP contribution in [0, 0.1) is 5.92 Å². The standard InChI is InChI=1S/C17H27N3O2S/c21-17(2-1-16-18-6-14-23-16)20-8-4-15(5-9-20)3-7-19-10-12-22-13-11-19/h6,14-15H,1-5,7-13H2. The molecule has 0 aromatic carbocycles. The number of amides is 1. The highest BCUT2D eigenvalue weighted by atomic mass is 32.1. The smallest absolute Gasteiger partial charge is 0.222 e. The maximum atomic E-state index is 12.3. The Balaban J connectivity index is 1.32. The number of thiazole rings is 1. The van der Waals surface area contributed by atoms with Crippen molar-refractivity contribution in [2.75, 3.05) is 45.9 Å². The third kappa shape index (κ3) is 5.26. The first kappa shape index (κ1) is 16.9. The molecule has 3 heterocycles. The minimum atomic E-state index is 0.298. The highest BCUT2D eigenvalue weighted by molar-refractivity contribution is 7.09. The zero-order valence-corrected chi connectivity index (χ0v) is 14.6. The second-order valence-electron chi connectivity index (χ2n) is 6.49. The van der Waals surface area contributed by atoms with E-state index >= 15 is 0 Å². The summed E-state index contributed by atoms with van der Waals surface area (Å²) in [5.74, 6) is 1.08. The van der Waals surface area contributed by atoms with Gasteiger partial charge >= 0.3 is 0 Å². The third-order valence-electron chi connectivity index (χ3n) is 4.96. The van der Waals surface area contributed by atoms with E-state index in [9.17, 15) is 4.79 Å². The van der Waals surface area contributed by atoms with Crippen LogP contribution in [-0.2, 0) is 16.0 Å². The van der Waals surface area contributed by atoms with Gasteiger partial charge in [-0.05, 0) is 31.7 Å². The first-order chi connectivity index (χ1) is 11.3. The van der Waals surface area contributed by atoms with Crippen LogP contribution in [0.15, 0.2) is 11.6 Å². The van der Waals surface area contributed by atoms with Crippen LogP contribution in [0.25, 0.3) is 0 Å². The SMILES string of the molecule is O=C(CCc1nccs1)N1CCC(CCN2CCOCC2)CC1. The normalized spacial score (nSPS) is 20.8. The second-order valence-corrected chi connectivity index (χ2v) is 7.47. The minimum absolute atomic E-state index is 0.298. The molecule has 2 aliphatic rings. The molecule has 1 aromatic heterocycles. The number of nitrogens with zero attached hydrogens (tertiary/aromatic N) is 3. The number of hydrogen-bond acceptors (Lipinski definition) is 5. The highest BCUT2D eigenvalue weighted by Crippen LogP contribution is 2.22. The summed E-state index contributed by atoms with van der Waals surface area (Å²) in [6.07, 6.45) is 6.78. The van der Waals surface area contributed by atoms with Crippen molar-refractivity contribution in [1.82, 2.24) is 14.8 Å². The number of morpholine rings is 1. The van der Waals surface area contributed by atoms with Crippen molar-refractivity contribution < 1.29 is 9.53 Å². The lowest BCUT2D eigenvalue weighted by Gasteiger charge is -2.34. The van der Waals surface area contributed by atoms with Crippen LogP contribution in [0.2, 0.25) is 0 Å². The van der Waals surface area contributed by atoms with E-state index < -0.39 is 0 Å². The van der Waals surface area contributed by atoms with Crippen LogP contribution >= 0.6 is 11.3 Å². The number of piperidine rings is 1. The number of ether oxygens (including phenoxy) is 1. The molecule has 6 heteroatoms. The molecule has 0 N–H and O–H groups in total. The summed E-state index contributed by atoms with van der Waals surface area (Å²) in [6, 6.07) is 0. The number of carbonyl (C=O) groups excluding carboxylic acids is 1. The Morgan fingerprint density at radius 3 is 2.74 bits per heavy atom. The predicted molar refractivity (Wildman–Crippen MR) is 91.6 cm³/mol. The van der Waals surface area contributed by atoms with Crippen molar-refractivity contribution in [3.63, 3.8) is 0 Å². The minimum Gasteiger partial charge on any atom is -0.379 e. The molecule has 0 saturated carbocycles. The molecule has 1 amide bonds. The Morgan fingerprint density at radius 1 is 1.26 bits per heavy atom. The number of rotatable bonds is 6. The Labute approximate surface area is 142 Å². The summed E-state index contributed by atoms with van der Waals surface area (Å²) in [7, 11) is 0. The number of hydrogen-bond donors (Lipinski definition) is 0. The molecular formula is C17H27N3O2S. The van der Waals surface area contributed by atoms with E-state index in [1.165, 1.54) is 13.0 Å². The molecule has 23 heavy (non-hydrogen) atoms. The Morgan fingerprint density at radius 2 is 2.04 bits per heavy atom. The monoisotopic (exact) mass is 337 g/mol. The molecule has 0 atom stereocenters. The van der Waals surface area contributed by atoms with Gasteiger partial charge in [-0.3, -0.25) is 9.69 Å². The lowest BCUT2D eigenvalue weighted by Crippen LogP contribution is -2.40. The van der Waals surface area contributed by atoms with Gasteiger partial charge in [-0.25, -0.2) is 4.98 Å². The molecule has 2 saturated heterocycles. The van der Waals surface area contributed by atoms with E-state index in [1.54, 1.807) is 11.3 Å². The summed E-state index contributed by atoms with van der Waals surface area (Å²) >= 11 is 1.64. The van der Waals surface area contributed by atoms with E-state index in [1.807, 2.05) is 11.6 Å². The molecule has 0 unspecified atom stereocenters. The Hall–Kier alpha value is -0.980. The number of likely N-dealkylation sites (tertiary alicyclic amines) is 1. The predicted octanol–water partition coefficient (Wildman–Crippen LogP) is 2.04. The van der Waals surface area contributed by atoms with E-state index in [-0.39, 0.29) is 0 Å². The van der Waals surface area contributed by atoms with Gasteiger partial charge in [0, 0.05) is 50.6 Å². The van der Waals surface area contributed by atoms with Gasteiger partial charge in [0.1, 0.15) is 0 Å². The molecular weight excluding hydrogens is 310 g/mol. The molecule has 0 bridgehead atoms. The maximum absolute atomic E-state index is 12.3. The summed E-state index contributed by atoms with van der Waals surface area (Å²) in [5, 5.41) is 3.04. The number of aromatic nitrogens is 1. The molecule has 0 aliphatic carbocycles. The van der Waals surface area contributed by atoms with Crippen LogP contribution in [0.5, 0.6) is 0 Å². The number of carbonyl (C=O) groups is 1. The van der Waals surface area contributed by atoms with Gasteiger partial charge in [-0.1, -0.05) is 0 Å². The van der Waals surface area contributed by atoms with Crippen molar-refractivity contribution >= 4 is 17.2 Å². The zero-order valence-electron chi connectivity index (χ0n) is 13.8. The fraction of sp³-hybridized carbons (Fsp3) is 0.765. The van der Waals surface area contributed by atoms with Gasteiger partial charge in [0.15, 0.2) is 0 Å². The molecule has 2 aliphatic heterocycles. The van der Waals surface area contributed by atoms with E-state index in [4.69, 9.17) is 4.74 Å². The summed E-state index contributed by atoms with van der Waals surface area (Å²) < 4.78 is 5.39. The average Bonchev–Trinajstić information content (AvgIpc) is 3.13. The van der Waals surface area contributed by atoms with Gasteiger partial charge in [0.25, 0.3) is 0 Å². The van der Waals surface area contributed by atoms with Gasteiger partial charge in [0.05, 0.1) is 18.2 Å². The summed E-state index contributed by atoms with van der Waals surface area (Å²) in [6.45, 7) is 6.97. The maximum Gasteiger partial charge on any atom is 0.222 e. The first-order valence-electron chi connectivity index (χ1n) is 8.77. The lowest BCUT2D eigenvalue weighted by atomic mass is 9.93. The number of aryl methyl sites for hydroxylation is 1. The van der Waals surface area contributed by atoms with Crippen LogP contribution in [0.3, 0.4) is 0 Å². The van der Waals surface area contributed by atoms with Crippen LogP contribution in [0.1, 0.15) is 30.7 Å². The lowest BCUT2D eigenvalue weighted by molar-refractivity contribution is -0.132. The highest BCUT2D eigenvalue weighted by Gasteiger charge is 2.23. The van der Waals surface area contributed by atoms with E-state index in [2.05, 4.69) is 14.8 Å². The van der Waals surface area contributed by atoms with Crippen molar-refractivity contribution in [3.8, 4) is 0 Å². The largest absolute Gasteiger partial charge is 0.379 e.